The molecule has 1 amide bonds. The second-order valence-electron chi connectivity index (χ2n) is 4.92. The maximum atomic E-state index is 12.4. The Kier molecular flexibility index (Phi) is 4.31. The van der Waals surface area contributed by atoms with Crippen LogP contribution in [0.25, 0.3) is 0 Å². The van der Waals surface area contributed by atoms with E-state index in [1.165, 1.54) is 0 Å². The van der Waals surface area contributed by atoms with Gasteiger partial charge in [-0.2, -0.15) is 0 Å². The van der Waals surface area contributed by atoms with Crippen LogP contribution in [-0.2, 0) is 9.84 Å². The lowest BCUT2D eigenvalue weighted by atomic mass is 10.1. The van der Waals surface area contributed by atoms with Gasteiger partial charge in [-0.05, 0) is 12.1 Å². The van der Waals surface area contributed by atoms with Gasteiger partial charge in [0.25, 0.3) is 5.91 Å². The maximum Gasteiger partial charge on any atom is 0.272 e. The summed E-state index contributed by atoms with van der Waals surface area (Å²) in [6.07, 6.45) is 1.57. The van der Waals surface area contributed by atoms with Crippen LogP contribution in [0.2, 0.25) is 0 Å². The molecule has 0 spiro atoms. The normalized spacial score (nSPS) is 27.5. The van der Waals surface area contributed by atoms with Gasteiger partial charge in [-0.1, -0.05) is 6.07 Å². The first-order valence-corrected chi connectivity index (χ1v) is 8.05. The quantitative estimate of drug-likeness (QED) is 0.770. The van der Waals surface area contributed by atoms with Crippen molar-refractivity contribution in [1.82, 2.24) is 15.2 Å². The first-order chi connectivity index (χ1) is 9.07. The SMILES string of the molecule is Cl.O=C(c1ccccn1)N1CCNC2CS(=O)(=O)CC21. The molecule has 0 aromatic carbocycles. The van der Waals surface area contributed by atoms with Crippen molar-refractivity contribution in [3.05, 3.63) is 30.1 Å². The van der Waals surface area contributed by atoms with Gasteiger partial charge in [0.2, 0.25) is 0 Å². The predicted molar refractivity (Wildman–Crippen MR) is 76.8 cm³/mol. The van der Waals surface area contributed by atoms with Crippen molar-refractivity contribution in [2.75, 3.05) is 24.6 Å². The molecule has 0 radical (unpaired) electrons. The fourth-order valence-corrected chi connectivity index (χ4v) is 4.71. The molecule has 2 saturated heterocycles. The third kappa shape index (κ3) is 2.79. The van der Waals surface area contributed by atoms with Crippen LogP contribution < -0.4 is 5.32 Å². The van der Waals surface area contributed by atoms with Crippen molar-refractivity contribution in [2.24, 2.45) is 0 Å². The number of pyridine rings is 1. The van der Waals surface area contributed by atoms with Crippen molar-refractivity contribution in [2.45, 2.75) is 12.1 Å². The number of aromatic nitrogens is 1. The summed E-state index contributed by atoms with van der Waals surface area (Å²) in [5, 5.41) is 3.18. The summed E-state index contributed by atoms with van der Waals surface area (Å²) in [6, 6.07) is 4.74. The molecular weight excluding hydrogens is 302 g/mol. The molecule has 110 valence electrons. The number of hydrogen-bond acceptors (Lipinski definition) is 5. The van der Waals surface area contributed by atoms with E-state index in [0.29, 0.717) is 18.8 Å². The highest BCUT2D eigenvalue weighted by Gasteiger charge is 2.44. The van der Waals surface area contributed by atoms with Crippen molar-refractivity contribution in [1.29, 1.82) is 0 Å². The van der Waals surface area contributed by atoms with Crippen LogP contribution in [0.4, 0.5) is 0 Å². The van der Waals surface area contributed by atoms with Crippen LogP contribution >= 0.6 is 12.4 Å². The van der Waals surface area contributed by atoms with Gasteiger partial charge in [0.15, 0.2) is 9.84 Å². The number of halogens is 1. The molecule has 3 rings (SSSR count). The van der Waals surface area contributed by atoms with Crippen molar-refractivity contribution in [3.63, 3.8) is 0 Å². The van der Waals surface area contributed by atoms with E-state index in [-0.39, 0.29) is 41.9 Å². The Morgan fingerprint density at radius 2 is 2.15 bits per heavy atom. The van der Waals surface area contributed by atoms with Gasteiger partial charge in [0, 0.05) is 25.3 Å². The summed E-state index contributed by atoms with van der Waals surface area (Å²) in [5.41, 5.74) is 0.368. The highest BCUT2D eigenvalue weighted by atomic mass is 35.5. The molecule has 0 bridgehead atoms. The van der Waals surface area contributed by atoms with Crippen LogP contribution in [-0.4, -0.2) is 60.9 Å². The van der Waals surface area contributed by atoms with Crippen LogP contribution in [0.3, 0.4) is 0 Å². The number of nitrogens with one attached hydrogen (secondary N) is 1. The number of amides is 1. The van der Waals surface area contributed by atoms with E-state index < -0.39 is 9.84 Å². The van der Waals surface area contributed by atoms with Crippen LogP contribution in [0, 0.1) is 0 Å². The Labute approximate surface area is 123 Å². The number of piperazine rings is 1. The molecule has 0 aliphatic carbocycles. The van der Waals surface area contributed by atoms with Gasteiger partial charge in [-0.25, -0.2) is 8.42 Å². The zero-order valence-corrected chi connectivity index (χ0v) is 12.4. The minimum atomic E-state index is -3.05. The largest absolute Gasteiger partial charge is 0.330 e. The molecule has 1 N–H and O–H groups in total. The average Bonchev–Trinajstić information content (AvgIpc) is 2.72. The first kappa shape index (κ1) is 15.2. The number of nitrogens with zero attached hydrogens (tertiary/aromatic N) is 2. The lowest BCUT2D eigenvalue weighted by Gasteiger charge is -2.37. The third-order valence-corrected chi connectivity index (χ3v) is 5.34. The average molecular weight is 318 g/mol. The highest BCUT2D eigenvalue weighted by molar-refractivity contribution is 7.91. The maximum absolute atomic E-state index is 12.4. The topological polar surface area (TPSA) is 79.4 Å². The molecule has 2 unspecified atom stereocenters. The van der Waals surface area contributed by atoms with E-state index in [2.05, 4.69) is 10.3 Å². The van der Waals surface area contributed by atoms with Gasteiger partial charge in [0.05, 0.1) is 17.5 Å². The zero-order valence-electron chi connectivity index (χ0n) is 10.7. The summed E-state index contributed by atoms with van der Waals surface area (Å²) < 4.78 is 23.4. The Balaban J connectivity index is 0.00000147. The summed E-state index contributed by atoms with van der Waals surface area (Å²) in [4.78, 5) is 18.1. The van der Waals surface area contributed by atoms with Crippen LogP contribution in [0.1, 0.15) is 10.5 Å². The van der Waals surface area contributed by atoms with Crippen molar-refractivity contribution < 1.29 is 13.2 Å². The first-order valence-electron chi connectivity index (χ1n) is 6.23. The Hall–Kier alpha value is -1.18. The van der Waals surface area contributed by atoms with E-state index in [1.807, 2.05) is 0 Å². The molecule has 1 aromatic rings. The molecule has 8 heteroatoms. The molecule has 1 aromatic heterocycles. The number of carbonyl (C=O) groups is 1. The molecule has 2 aliphatic heterocycles. The standard InChI is InChI=1S/C12H15N3O3S.ClH/c16-12(9-3-1-2-4-13-9)15-6-5-14-10-7-19(17,18)8-11(10)15;/h1-4,10-11,14H,5-8H2;1H. The Morgan fingerprint density at radius 3 is 2.85 bits per heavy atom. The third-order valence-electron chi connectivity index (χ3n) is 3.63. The summed E-state index contributed by atoms with van der Waals surface area (Å²) in [7, 11) is -3.05. The molecular formula is C12H16ClN3O3S. The Bertz CT molecular complexity index is 593. The van der Waals surface area contributed by atoms with E-state index in [1.54, 1.807) is 29.3 Å². The van der Waals surface area contributed by atoms with E-state index >= 15 is 0 Å². The molecule has 0 saturated carbocycles. The van der Waals surface area contributed by atoms with Gasteiger partial charge >= 0.3 is 0 Å². The van der Waals surface area contributed by atoms with Gasteiger partial charge < -0.3 is 10.2 Å². The van der Waals surface area contributed by atoms with Crippen LogP contribution in [0.15, 0.2) is 24.4 Å². The van der Waals surface area contributed by atoms with Gasteiger partial charge in [0.1, 0.15) is 5.69 Å². The lowest BCUT2D eigenvalue weighted by Crippen LogP contribution is -2.59. The fraction of sp³-hybridized carbons (Fsp3) is 0.500. The molecule has 3 heterocycles. The number of hydrogen-bond donors (Lipinski definition) is 1. The Morgan fingerprint density at radius 1 is 1.35 bits per heavy atom. The van der Waals surface area contributed by atoms with E-state index in [9.17, 15) is 13.2 Å². The minimum Gasteiger partial charge on any atom is -0.330 e. The molecule has 2 aliphatic rings. The fourth-order valence-electron chi connectivity index (χ4n) is 2.76. The number of rotatable bonds is 1. The molecule has 2 fully saturated rings. The van der Waals surface area contributed by atoms with Crippen molar-refractivity contribution in [3.8, 4) is 0 Å². The van der Waals surface area contributed by atoms with Crippen molar-refractivity contribution >= 4 is 28.2 Å². The minimum absolute atomic E-state index is 0. The molecule has 2 atom stereocenters. The lowest BCUT2D eigenvalue weighted by molar-refractivity contribution is 0.0615. The monoisotopic (exact) mass is 317 g/mol. The van der Waals surface area contributed by atoms with Crippen LogP contribution in [0.5, 0.6) is 0 Å². The second kappa shape index (κ2) is 5.67. The van der Waals surface area contributed by atoms with E-state index in [4.69, 9.17) is 0 Å². The summed E-state index contributed by atoms with van der Waals surface area (Å²) >= 11 is 0. The smallest absolute Gasteiger partial charge is 0.272 e. The van der Waals surface area contributed by atoms with Gasteiger partial charge in [-0.3, -0.25) is 9.78 Å². The summed E-state index contributed by atoms with van der Waals surface area (Å²) in [6.45, 7) is 1.14. The second-order valence-corrected chi connectivity index (χ2v) is 7.07. The molecule has 20 heavy (non-hydrogen) atoms. The highest BCUT2D eigenvalue weighted by Crippen LogP contribution is 2.22. The number of carbonyl (C=O) groups excluding carboxylic acids is 1. The van der Waals surface area contributed by atoms with E-state index in [0.717, 1.165) is 0 Å². The zero-order chi connectivity index (χ0) is 13.5. The predicted octanol–water partition coefficient (Wildman–Crippen LogP) is -0.286. The summed E-state index contributed by atoms with van der Waals surface area (Å²) in [5.74, 6) is -0.0263. The number of fused-ring (bicyclic) bond motifs is 1. The van der Waals surface area contributed by atoms with Gasteiger partial charge in [-0.15, -0.1) is 12.4 Å². The number of sulfone groups is 1. The molecule has 6 nitrogen and oxygen atoms in total.